The van der Waals surface area contributed by atoms with E-state index in [4.69, 9.17) is 4.52 Å². The first-order valence-electron chi connectivity index (χ1n) is 6.54. The summed E-state index contributed by atoms with van der Waals surface area (Å²) in [5.74, 6) is 1.96. The quantitative estimate of drug-likeness (QED) is 0.922. The first-order chi connectivity index (χ1) is 8.98. The Bertz CT molecular complexity index is 441. The van der Waals surface area contributed by atoms with Crippen LogP contribution in [-0.4, -0.2) is 40.2 Å². The highest BCUT2D eigenvalue weighted by Gasteiger charge is 2.30. The molecule has 1 fully saturated rings. The Kier molecular flexibility index (Phi) is 4.39. The first kappa shape index (κ1) is 14.2. The van der Waals surface area contributed by atoms with E-state index in [1.807, 2.05) is 24.8 Å². The van der Waals surface area contributed by atoms with Crippen LogP contribution in [0.3, 0.4) is 0 Å². The summed E-state index contributed by atoms with van der Waals surface area (Å²) in [6.07, 6.45) is 2.41. The smallest absolute Gasteiger partial charge is 0.317 e. The number of urea groups is 1. The van der Waals surface area contributed by atoms with Crippen LogP contribution in [0.1, 0.15) is 31.2 Å². The number of hydrogen-bond donors (Lipinski definition) is 1. The van der Waals surface area contributed by atoms with Crippen molar-refractivity contribution in [2.24, 2.45) is 0 Å². The minimum Gasteiger partial charge on any atom is -0.361 e. The van der Waals surface area contributed by atoms with Crippen LogP contribution >= 0.6 is 11.8 Å². The van der Waals surface area contributed by atoms with E-state index < -0.39 is 0 Å². The molecule has 1 aliphatic heterocycles. The molecule has 2 heterocycles. The minimum absolute atomic E-state index is 0.0608. The zero-order valence-corrected chi connectivity index (χ0v) is 12.5. The van der Waals surface area contributed by atoms with Crippen LogP contribution < -0.4 is 5.32 Å². The highest BCUT2D eigenvalue weighted by molar-refractivity contribution is 8.00. The molecule has 1 saturated heterocycles. The van der Waals surface area contributed by atoms with Crippen molar-refractivity contribution < 1.29 is 9.32 Å². The van der Waals surface area contributed by atoms with Gasteiger partial charge in [-0.05, 0) is 32.4 Å². The minimum atomic E-state index is -0.0608. The number of aryl methyl sites for hydroxylation is 1. The monoisotopic (exact) mass is 283 g/mol. The fourth-order valence-electron chi connectivity index (χ4n) is 2.18. The number of thioether (sulfide) groups is 1. The van der Waals surface area contributed by atoms with Crippen molar-refractivity contribution in [3.63, 3.8) is 0 Å². The molecule has 0 spiro atoms. The zero-order chi connectivity index (χ0) is 13.9. The number of rotatable bonds is 4. The maximum Gasteiger partial charge on any atom is 0.317 e. The number of nitrogens with one attached hydrogen (secondary N) is 1. The highest BCUT2D eigenvalue weighted by Crippen LogP contribution is 2.36. The second-order valence-corrected chi connectivity index (χ2v) is 7.03. The summed E-state index contributed by atoms with van der Waals surface area (Å²) < 4.78 is 5.19. The van der Waals surface area contributed by atoms with E-state index in [2.05, 4.69) is 17.4 Å². The fourth-order valence-corrected chi connectivity index (χ4v) is 3.43. The van der Waals surface area contributed by atoms with Crippen molar-refractivity contribution in [1.82, 2.24) is 15.4 Å². The average Bonchev–Trinajstić information content (AvgIpc) is 2.96. The lowest BCUT2D eigenvalue weighted by Crippen LogP contribution is -2.43. The third-order valence-electron chi connectivity index (χ3n) is 3.34. The van der Waals surface area contributed by atoms with Crippen LogP contribution in [0, 0.1) is 6.92 Å². The number of nitrogens with zero attached hydrogens (tertiary/aromatic N) is 2. The maximum absolute atomic E-state index is 12.0. The number of carbonyl (C=O) groups excluding carboxylic acids is 1. The van der Waals surface area contributed by atoms with Crippen molar-refractivity contribution in [2.45, 2.75) is 38.0 Å². The summed E-state index contributed by atoms with van der Waals surface area (Å²) in [6.45, 7) is 5.24. The molecule has 1 aromatic heterocycles. The van der Waals surface area contributed by atoms with E-state index in [0.717, 1.165) is 18.0 Å². The van der Waals surface area contributed by atoms with Crippen molar-refractivity contribution in [3.05, 3.63) is 17.5 Å². The van der Waals surface area contributed by atoms with Crippen LogP contribution in [0.5, 0.6) is 0 Å². The van der Waals surface area contributed by atoms with Gasteiger partial charge in [0, 0.05) is 24.4 Å². The van der Waals surface area contributed by atoms with Crippen LogP contribution in [0.15, 0.2) is 10.6 Å². The van der Waals surface area contributed by atoms with Crippen molar-refractivity contribution >= 4 is 17.8 Å². The Balaban J connectivity index is 1.79. The molecule has 1 aliphatic rings. The summed E-state index contributed by atoms with van der Waals surface area (Å²) >= 11 is 1.95. The Hall–Kier alpha value is -1.17. The number of hydrogen-bond acceptors (Lipinski definition) is 4. The molecule has 0 aromatic carbocycles. The van der Waals surface area contributed by atoms with E-state index in [1.165, 1.54) is 18.6 Å². The van der Waals surface area contributed by atoms with Crippen molar-refractivity contribution in [3.8, 4) is 0 Å². The molecule has 5 nitrogen and oxygen atoms in total. The average molecular weight is 283 g/mol. The summed E-state index contributed by atoms with van der Waals surface area (Å²) in [7, 11) is 1.77. The zero-order valence-electron chi connectivity index (χ0n) is 11.7. The Morgan fingerprint density at radius 1 is 1.68 bits per heavy atom. The van der Waals surface area contributed by atoms with Crippen LogP contribution in [0.25, 0.3) is 0 Å². The SMILES string of the molecule is Cc1cc(CN(C)C(=O)NC[C@@]2(C)CCCS2)no1. The molecular formula is C13H21N3O2S. The highest BCUT2D eigenvalue weighted by atomic mass is 32.2. The van der Waals surface area contributed by atoms with Crippen LogP contribution in [0.2, 0.25) is 0 Å². The van der Waals surface area contributed by atoms with Gasteiger partial charge in [0.25, 0.3) is 0 Å². The summed E-state index contributed by atoms with van der Waals surface area (Å²) in [5.41, 5.74) is 0.775. The van der Waals surface area contributed by atoms with Gasteiger partial charge >= 0.3 is 6.03 Å². The lowest BCUT2D eigenvalue weighted by atomic mass is 10.1. The van der Waals surface area contributed by atoms with Crippen molar-refractivity contribution in [1.29, 1.82) is 0 Å². The van der Waals surface area contributed by atoms with Gasteiger partial charge in [0.2, 0.25) is 0 Å². The van der Waals surface area contributed by atoms with Gasteiger partial charge in [0.1, 0.15) is 11.5 Å². The van der Waals surface area contributed by atoms with E-state index in [1.54, 1.807) is 11.9 Å². The molecule has 0 bridgehead atoms. The predicted molar refractivity (Wildman–Crippen MR) is 76.2 cm³/mol. The van der Waals surface area contributed by atoms with Gasteiger partial charge in [0.15, 0.2) is 0 Å². The fraction of sp³-hybridized carbons (Fsp3) is 0.692. The van der Waals surface area contributed by atoms with Crippen LogP contribution in [0.4, 0.5) is 4.79 Å². The molecule has 2 rings (SSSR count). The van der Waals surface area contributed by atoms with Gasteiger partial charge in [-0.15, -0.1) is 0 Å². The van der Waals surface area contributed by atoms with E-state index in [-0.39, 0.29) is 10.8 Å². The van der Waals surface area contributed by atoms with E-state index in [0.29, 0.717) is 6.54 Å². The first-order valence-corrected chi connectivity index (χ1v) is 7.52. The molecule has 1 N–H and O–H groups in total. The normalized spacial score (nSPS) is 22.5. The second kappa shape index (κ2) is 5.86. The van der Waals surface area contributed by atoms with Crippen molar-refractivity contribution in [2.75, 3.05) is 19.3 Å². The summed E-state index contributed by atoms with van der Waals surface area (Å²) in [5, 5.41) is 6.89. The van der Waals surface area contributed by atoms with E-state index >= 15 is 0 Å². The van der Waals surface area contributed by atoms with E-state index in [9.17, 15) is 4.79 Å². The summed E-state index contributed by atoms with van der Waals surface area (Å²) in [6, 6.07) is 1.78. The maximum atomic E-state index is 12.0. The molecule has 0 aliphatic carbocycles. The number of aromatic nitrogens is 1. The second-order valence-electron chi connectivity index (χ2n) is 5.35. The number of amides is 2. The molecule has 0 saturated carbocycles. The van der Waals surface area contributed by atoms with Gasteiger partial charge in [0.05, 0.1) is 6.54 Å². The van der Waals surface area contributed by atoms with Gasteiger partial charge in [-0.2, -0.15) is 11.8 Å². The molecule has 106 valence electrons. The Morgan fingerprint density at radius 2 is 2.47 bits per heavy atom. The third-order valence-corrected chi connectivity index (χ3v) is 4.87. The molecule has 1 aromatic rings. The topological polar surface area (TPSA) is 58.4 Å². The standard InChI is InChI=1S/C13H21N3O2S/c1-10-7-11(15-18-10)8-16(3)12(17)14-9-13(2)5-4-6-19-13/h7H,4-6,8-9H2,1-3H3,(H,14,17)/t13-/m1/s1. The molecule has 6 heteroatoms. The molecular weight excluding hydrogens is 262 g/mol. The third kappa shape index (κ3) is 3.89. The van der Waals surface area contributed by atoms with Crippen LogP contribution in [-0.2, 0) is 6.54 Å². The predicted octanol–water partition coefficient (Wildman–Crippen LogP) is 2.41. The molecule has 2 amide bonds. The molecule has 0 radical (unpaired) electrons. The molecule has 1 atom stereocenters. The van der Waals surface area contributed by atoms with Gasteiger partial charge in [-0.1, -0.05) is 5.16 Å². The summed E-state index contributed by atoms with van der Waals surface area (Å²) in [4.78, 5) is 13.6. The van der Waals surface area contributed by atoms with Gasteiger partial charge in [-0.25, -0.2) is 4.79 Å². The Morgan fingerprint density at radius 3 is 3.05 bits per heavy atom. The lowest BCUT2D eigenvalue weighted by Gasteiger charge is -2.25. The lowest BCUT2D eigenvalue weighted by molar-refractivity contribution is 0.204. The number of carbonyl (C=O) groups is 1. The molecule has 0 unspecified atom stereocenters. The molecule has 19 heavy (non-hydrogen) atoms. The van der Waals surface area contributed by atoms with Gasteiger partial charge in [-0.3, -0.25) is 0 Å². The van der Waals surface area contributed by atoms with Gasteiger partial charge < -0.3 is 14.7 Å². The Labute approximate surface area is 118 Å². The largest absolute Gasteiger partial charge is 0.361 e.